The summed E-state index contributed by atoms with van der Waals surface area (Å²) in [6, 6.07) is 16.4. The normalized spacial score (nSPS) is 17.0. The summed E-state index contributed by atoms with van der Waals surface area (Å²) in [4.78, 5) is 28.6. The molecule has 2 aromatic rings. The second-order valence-corrected chi connectivity index (χ2v) is 6.08. The van der Waals surface area contributed by atoms with E-state index in [1.165, 1.54) is 0 Å². The van der Waals surface area contributed by atoms with Crippen molar-refractivity contribution in [2.75, 3.05) is 30.4 Å². The van der Waals surface area contributed by atoms with Crippen LogP contribution in [0.5, 0.6) is 0 Å². The van der Waals surface area contributed by atoms with Crippen molar-refractivity contribution >= 4 is 23.2 Å². The van der Waals surface area contributed by atoms with Gasteiger partial charge in [0.1, 0.15) is 6.04 Å². The second kappa shape index (κ2) is 6.74. The first-order valence-corrected chi connectivity index (χ1v) is 8.01. The van der Waals surface area contributed by atoms with E-state index in [9.17, 15) is 9.59 Å². The summed E-state index contributed by atoms with van der Waals surface area (Å²) in [5, 5.41) is 2.85. The Kier molecular flexibility index (Phi) is 4.51. The molecule has 0 spiro atoms. The molecule has 24 heavy (non-hydrogen) atoms. The predicted octanol–water partition coefficient (Wildman–Crippen LogP) is 2.29. The van der Waals surface area contributed by atoms with E-state index in [-0.39, 0.29) is 11.8 Å². The number of carbonyl (C=O) groups excluding carboxylic acids is 2. The number of carbonyl (C=O) groups is 2. The number of nitrogens with zero attached hydrogens (tertiary/aromatic N) is 2. The van der Waals surface area contributed by atoms with E-state index in [0.29, 0.717) is 18.5 Å². The van der Waals surface area contributed by atoms with Crippen molar-refractivity contribution in [1.82, 2.24) is 5.32 Å². The van der Waals surface area contributed by atoms with Crippen LogP contribution in [-0.2, 0) is 4.79 Å². The zero-order valence-corrected chi connectivity index (χ0v) is 13.9. The minimum absolute atomic E-state index is 0.0561. The van der Waals surface area contributed by atoms with Gasteiger partial charge in [-0.2, -0.15) is 0 Å². The lowest BCUT2D eigenvalue weighted by molar-refractivity contribution is -0.118. The second-order valence-electron chi connectivity index (χ2n) is 6.08. The van der Waals surface area contributed by atoms with Crippen molar-refractivity contribution in [1.29, 1.82) is 0 Å². The maximum absolute atomic E-state index is 12.5. The molecule has 1 aliphatic rings. The molecule has 5 nitrogen and oxygen atoms in total. The highest BCUT2D eigenvalue weighted by molar-refractivity contribution is 6.03. The van der Waals surface area contributed by atoms with Gasteiger partial charge in [-0.1, -0.05) is 18.2 Å². The Morgan fingerprint density at radius 1 is 1.08 bits per heavy atom. The topological polar surface area (TPSA) is 52.7 Å². The van der Waals surface area contributed by atoms with Crippen LogP contribution in [0, 0.1) is 0 Å². The summed E-state index contributed by atoms with van der Waals surface area (Å²) >= 11 is 0. The van der Waals surface area contributed by atoms with E-state index in [1.54, 1.807) is 17.0 Å². The van der Waals surface area contributed by atoms with Crippen LogP contribution in [0.2, 0.25) is 0 Å². The quantitative estimate of drug-likeness (QED) is 0.939. The molecule has 1 heterocycles. The molecule has 5 heteroatoms. The Labute approximate surface area is 141 Å². The average Bonchev–Trinajstić information content (AvgIpc) is 2.96. The van der Waals surface area contributed by atoms with Crippen LogP contribution < -0.4 is 15.1 Å². The third kappa shape index (κ3) is 3.25. The van der Waals surface area contributed by atoms with Gasteiger partial charge in [0, 0.05) is 37.6 Å². The molecule has 0 radical (unpaired) electrons. The largest absolute Gasteiger partial charge is 0.378 e. The van der Waals surface area contributed by atoms with Crippen LogP contribution in [0.25, 0.3) is 0 Å². The number of hydrogen-bond donors (Lipinski definition) is 1. The minimum Gasteiger partial charge on any atom is -0.378 e. The summed E-state index contributed by atoms with van der Waals surface area (Å²) < 4.78 is 0. The molecule has 3 rings (SSSR count). The van der Waals surface area contributed by atoms with Gasteiger partial charge in [0.05, 0.1) is 0 Å². The van der Waals surface area contributed by atoms with E-state index >= 15 is 0 Å². The molecule has 124 valence electrons. The van der Waals surface area contributed by atoms with Crippen molar-refractivity contribution in [3.63, 3.8) is 0 Å². The van der Waals surface area contributed by atoms with Crippen molar-refractivity contribution in [2.24, 2.45) is 0 Å². The van der Waals surface area contributed by atoms with Crippen LogP contribution in [0.1, 0.15) is 16.8 Å². The lowest BCUT2D eigenvalue weighted by Crippen LogP contribution is -2.41. The molecule has 0 bridgehead atoms. The van der Waals surface area contributed by atoms with Crippen LogP contribution in [0.15, 0.2) is 54.6 Å². The molecule has 1 atom stereocenters. The van der Waals surface area contributed by atoms with Gasteiger partial charge in [-0.25, -0.2) is 0 Å². The van der Waals surface area contributed by atoms with Gasteiger partial charge >= 0.3 is 0 Å². The maximum atomic E-state index is 12.5. The van der Waals surface area contributed by atoms with Crippen LogP contribution >= 0.6 is 0 Å². The summed E-state index contributed by atoms with van der Waals surface area (Å²) in [6.07, 6.45) is 0.620. The number of amides is 2. The lowest BCUT2D eigenvalue weighted by Gasteiger charge is -2.17. The Morgan fingerprint density at radius 2 is 1.75 bits per heavy atom. The van der Waals surface area contributed by atoms with E-state index < -0.39 is 6.04 Å². The fourth-order valence-corrected chi connectivity index (χ4v) is 2.83. The molecular weight excluding hydrogens is 302 g/mol. The zero-order chi connectivity index (χ0) is 17.1. The smallest absolute Gasteiger partial charge is 0.251 e. The highest BCUT2D eigenvalue weighted by Crippen LogP contribution is 2.21. The summed E-state index contributed by atoms with van der Waals surface area (Å²) in [5.74, 6) is -0.270. The first kappa shape index (κ1) is 16.1. The highest BCUT2D eigenvalue weighted by Gasteiger charge is 2.33. The molecule has 2 aromatic carbocycles. The number of benzene rings is 2. The third-order valence-corrected chi connectivity index (χ3v) is 4.22. The predicted molar refractivity (Wildman–Crippen MR) is 95.4 cm³/mol. The molecule has 0 aromatic heterocycles. The molecule has 1 N–H and O–H groups in total. The van der Waals surface area contributed by atoms with Crippen LogP contribution in [0.4, 0.5) is 11.4 Å². The summed E-state index contributed by atoms with van der Waals surface area (Å²) in [5.41, 5.74) is 2.46. The standard InChI is InChI=1S/C19H21N3O2/c1-21(2)15-10-8-14(9-11-15)18(23)20-17-12-13-22(19(17)24)16-6-4-3-5-7-16/h3-11,17H,12-13H2,1-2H3,(H,20,23). The molecule has 1 unspecified atom stereocenters. The summed E-state index contributed by atoms with van der Waals surface area (Å²) in [7, 11) is 3.90. The van der Waals surface area contributed by atoms with E-state index in [0.717, 1.165) is 11.4 Å². The highest BCUT2D eigenvalue weighted by atomic mass is 16.2. The monoisotopic (exact) mass is 323 g/mol. The van der Waals surface area contributed by atoms with E-state index in [4.69, 9.17) is 0 Å². The molecule has 1 saturated heterocycles. The maximum Gasteiger partial charge on any atom is 0.251 e. The number of nitrogens with one attached hydrogen (secondary N) is 1. The fourth-order valence-electron chi connectivity index (χ4n) is 2.83. The van der Waals surface area contributed by atoms with Gasteiger partial charge in [0.2, 0.25) is 5.91 Å². The fraction of sp³-hybridized carbons (Fsp3) is 0.263. The van der Waals surface area contributed by atoms with Crippen LogP contribution in [0.3, 0.4) is 0 Å². The Hall–Kier alpha value is -2.82. The van der Waals surface area contributed by atoms with Gasteiger partial charge in [0.25, 0.3) is 5.91 Å². The molecule has 0 saturated carbocycles. The number of anilines is 2. The number of rotatable bonds is 4. The summed E-state index contributed by atoms with van der Waals surface area (Å²) in [6.45, 7) is 0.618. The van der Waals surface area contributed by atoms with Crippen LogP contribution in [-0.4, -0.2) is 38.5 Å². The van der Waals surface area contributed by atoms with Gasteiger partial charge in [-0.05, 0) is 42.8 Å². The lowest BCUT2D eigenvalue weighted by atomic mass is 10.1. The Bertz CT molecular complexity index is 726. The van der Waals surface area contributed by atoms with Crippen molar-refractivity contribution in [3.8, 4) is 0 Å². The Balaban J connectivity index is 1.66. The zero-order valence-electron chi connectivity index (χ0n) is 13.9. The first-order chi connectivity index (χ1) is 11.6. The molecule has 1 fully saturated rings. The molecule has 1 aliphatic heterocycles. The number of hydrogen-bond acceptors (Lipinski definition) is 3. The van der Waals surface area contributed by atoms with Crippen molar-refractivity contribution in [2.45, 2.75) is 12.5 Å². The van der Waals surface area contributed by atoms with Crippen molar-refractivity contribution < 1.29 is 9.59 Å². The first-order valence-electron chi connectivity index (χ1n) is 8.01. The van der Waals surface area contributed by atoms with Gasteiger partial charge in [-0.3, -0.25) is 9.59 Å². The number of para-hydroxylation sites is 1. The van der Waals surface area contributed by atoms with E-state index in [1.807, 2.05) is 61.5 Å². The van der Waals surface area contributed by atoms with Gasteiger partial charge < -0.3 is 15.1 Å². The third-order valence-electron chi connectivity index (χ3n) is 4.22. The minimum atomic E-state index is -0.466. The molecular formula is C19H21N3O2. The SMILES string of the molecule is CN(C)c1ccc(C(=O)NC2CCN(c3ccccc3)C2=O)cc1. The molecule has 0 aliphatic carbocycles. The average molecular weight is 323 g/mol. The van der Waals surface area contributed by atoms with Gasteiger partial charge in [-0.15, -0.1) is 0 Å². The van der Waals surface area contributed by atoms with E-state index in [2.05, 4.69) is 5.32 Å². The molecule has 2 amide bonds. The Morgan fingerprint density at radius 3 is 2.38 bits per heavy atom. The van der Waals surface area contributed by atoms with Gasteiger partial charge in [0.15, 0.2) is 0 Å². The van der Waals surface area contributed by atoms with Crippen molar-refractivity contribution in [3.05, 3.63) is 60.2 Å².